The fourth-order valence-corrected chi connectivity index (χ4v) is 1.19. The molecule has 1 aromatic carbocycles. The van der Waals surface area contributed by atoms with E-state index >= 15 is 0 Å². The average molecular weight is 270 g/mol. The summed E-state index contributed by atoms with van der Waals surface area (Å²) in [7, 11) is 0. The topological polar surface area (TPSA) is 36.1 Å². The normalized spacial score (nSPS) is 10.9. The Bertz CT molecular complexity index is 333. The van der Waals surface area contributed by atoms with Crippen molar-refractivity contribution in [3.8, 4) is 6.19 Å². The average Bonchev–Trinajstić information content (AvgIpc) is 2.06. The number of rotatable bonds is 1. The van der Waals surface area contributed by atoms with Crippen molar-refractivity contribution < 1.29 is 0 Å². The zero-order valence-electron chi connectivity index (χ0n) is 6.58. The first kappa shape index (κ1) is 9.20. The molecule has 0 fully saturated rings. The molecule has 0 radical (unpaired) electrons. The zero-order chi connectivity index (χ0) is 8.97. The van der Waals surface area contributed by atoms with E-state index in [0.29, 0.717) is 0 Å². The number of hydrogen-bond donors (Lipinski definition) is 0. The van der Waals surface area contributed by atoms with E-state index in [-0.39, 0.29) is 0 Å². The highest BCUT2D eigenvalue weighted by atomic mass is 127. The van der Waals surface area contributed by atoms with E-state index in [1.165, 1.54) is 3.57 Å². The van der Waals surface area contributed by atoms with Crippen molar-refractivity contribution in [3.05, 3.63) is 33.4 Å². The second kappa shape index (κ2) is 4.21. The first-order valence-corrected chi connectivity index (χ1v) is 4.51. The lowest BCUT2D eigenvalue weighted by molar-refractivity contribution is 1.42. The first-order valence-electron chi connectivity index (χ1n) is 3.43. The Morgan fingerprint density at radius 1 is 1.42 bits per heavy atom. The third-order valence-corrected chi connectivity index (χ3v) is 2.20. The molecule has 0 aliphatic rings. The monoisotopic (exact) mass is 270 g/mol. The number of halogens is 1. The standard InChI is InChI=1S/C9H7IN2/c1-7(12-6-11)8-2-4-9(10)5-3-8/h2-5H,1H3. The molecule has 0 unspecified atom stereocenters. The summed E-state index contributed by atoms with van der Waals surface area (Å²) in [6, 6.07) is 7.90. The second-order valence-corrected chi connectivity index (χ2v) is 3.55. The van der Waals surface area contributed by atoms with Crippen molar-refractivity contribution >= 4 is 28.3 Å². The molecule has 2 nitrogen and oxygen atoms in total. The molecule has 60 valence electrons. The van der Waals surface area contributed by atoms with Crippen molar-refractivity contribution in [2.75, 3.05) is 0 Å². The number of benzene rings is 1. The van der Waals surface area contributed by atoms with Crippen LogP contribution in [0.5, 0.6) is 0 Å². The van der Waals surface area contributed by atoms with Gasteiger partial charge in [0.15, 0.2) is 0 Å². The molecule has 0 heterocycles. The summed E-state index contributed by atoms with van der Waals surface area (Å²) in [5, 5.41) is 8.31. The van der Waals surface area contributed by atoms with Crippen LogP contribution in [-0.2, 0) is 0 Å². The van der Waals surface area contributed by atoms with Crippen LogP contribution in [-0.4, -0.2) is 5.71 Å². The third-order valence-electron chi connectivity index (χ3n) is 1.48. The van der Waals surface area contributed by atoms with Gasteiger partial charge in [-0.05, 0) is 47.2 Å². The molecule has 0 spiro atoms. The van der Waals surface area contributed by atoms with Crippen molar-refractivity contribution in [1.29, 1.82) is 5.26 Å². The third kappa shape index (κ3) is 2.31. The summed E-state index contributed by atoms with van der Waals surface area (Å²) in [5.41, 5.74) is 1.76. The van der Waals surface area contributed by atoms with Gasteiger partial charge in [0.1, 0.15) is 0 Å². The molecule has 0 N–H and O–H groups in total. The Kier molecular flexibility index (Phi) is 3.23. The van der Waals surface area contributed by atoms with E-state index in [1.807, 2.05) is 31.2 Å². The Hall–Kier alpha value is -0.890. The molecule has 0 aliphatic carbocycles. The van der Waals surface area contributed by atoms with Crippen molar-refractivity contribution in [2.45, 2.75) is 6.92 Å². The van der Waals surface area contributed by atoms with E-state index < -0.39 is 0 Å². The molecule has 0 saturated carbocycles. The maximum atomic E-state index is 8.31. The fraction of sp³-hybridized carbons (Fsp3) is 0.111. The van der Waals surface area contributed by atoms with Crippen LogP contribution >= 0.6 is 22.6 Å². The summed E-state index contributed by atoms with van der Waals surface area (Å²) < 4.78 is 1.18. The van der Waals surface area contributed by atoms with Gasteiger partial charge in [0.05, 0.1) is 5.71 Å². The largest absolute Gasteiger partial charge is 0.205 e. The molecule has 0 atom stereocenters. The Balaban J connectivity index is 2.99. The van der Waals surface area contributed by atoms with Gasteiger partial charge in [0.2, 0.25) is 6.19 Å². The van der Waals surface area contributed by atoms with E-state index in [1.54, 1.807) is 6.19 Å². The van der Waals surface area contributed by atoms with Crippen molar-refractivity contribution in [3.63, 3.8) is 0 Å². The minimum Gasteiger partial charge on any atom is -0.178 e. The van der Waals surface area contributed by atoms with Gasteiger partial charge >= 0.3 is 0 Å². The fourth-order valence-electron chi connectivity index (χ4n) is 0.831. The van der Waals surface area contributed by atoms with E-state index in [4.69, 9.17) is 5.26 Å². The SMILES string of the molecule is CC(=NC#N)c1ccc(I)cc1. The Labute approximate surface area is 85.1 Å². The predicted octanol–water partition coefficient (Wildman–Crippen LogP) is 2.58. The maximum Gasteiger partial charge on any atom is 0.205 e. The Morgan fingerprint density at radius 2 is 2.00 bits per heavy atom. The molecule has 0 bridgehead atoms. The Morgan fingerprint density at radius 3 is 2.50 bits per heavy atom. The van der Waals surface area contributed by atoms with Crippen LogP contribution in [0.25, 0.3) is 0 Å². The highest BCUT2D eigenvalue weighted by Gasteiger charge is 1.95. The molecule has 1 aromatic rings. The van der Waals surface area contributed by atoms with Gasteiger partial charge in [-0.15, -0.1) is 0 Å². The molecule has 3 heteroatoms. The predicted molar refractivity (Wildman–Crippen MR) is 57.0 cm³/mol. The number of nitrogens with zero attached hydrogens (tertiary/aromatic N) is 2. The van der Waals surface area contributed by atoms with Crippen LogP contribution in [0.1, 0.15) is 12.5 Å². The summed E-state index contributed by atoms with van der Waals surface area (Å²) in [6.07, 6.45) is 1.77. The lowest BCUT2D eigenvalue weighted by atomic mass is 10.1. The minimum absolute atomic E-state index is 0.758. The number of hydrogen-bond acceptors (Lipinski definition) is 2. The number of nitriles is 1. The maximum absolute atomic E-state index is 8.31. The zero-order valence-corrected chi connectivity index (χ0v) is 8.74. The molecule has 0 aromatic heterocycles. The van der Waals surface area contributed by atoms with Gasteiger partial charge in [-0.3, -0.25) is 0 Å². The van der Waals surface area contributed by atoms with Crippen molar-refractivity contribution in [2.24, 2.45) is 4.99 Å². The summed E-state index contributed by atoms with van der Waals surface area (Å²) in [6.45, 7) is 1.82. The molecule has 0 aliphatic heterocycles. The van der Waals surface area contributed by atoms with Crippen LogP contribution in [0.3, 0.4) is 0 Å². The molecule has 0 amide bonds. The van der Waals surface area contributed by atoms with Gasteiger partial charge in [-0.2, -0.15) is 10.3 Å². The summed E-state index contributed by atoms with van der Waals surface area (Å²) in [5.74, 6) is 0. The van der Waals surface area contributed by atoms with Crippen LogP contribution in [0.2, 0.25) is 0 Å². The highest BCUT2D eigenvalue weighted by molar-refractivity contribution is 14.1. The highest BCUT2D eigenvalue weighted by Crippen LogP contribution is 2.07. The molecular formula is C9H7IN2. The van der Waals surface area contributed by atoms with Gasteiger partial charge in [-0.25, -0.2) is 0 Å². The smallest absolute Gasteiger partial charge is 0.178 e. The van der Waals surface area contributed by atoms with Crippen LogP contribution in [0.15, 0.2) is 29.3 Å². The number of aliphatic imine (C=N–C) groups is 1. The van der Waals surface area contributed by atoms with E-state index in [0.717, 1.165) is 11.3 Å². The van der Waals surface area contributed by atoms with Crippen LogP contribution in [0.4, 0.5) is 0 Å². The van der Waals surface area contributed by atoms with Crippen LogP contribution in [0, 0.1) is 15.0 Å². The summed E-state index contributed by atoms with van der Waals surface area (Å²) in [4.78, 5) is 3.64. The molecule has 0 saturated heterocycles. The molecule has 12 heavy (non-hydrogen) atoms. The second-order valence-electron chi connectivity index (χ2n) is 2.30. The quantitative estimate of drug-likeness (QED) is 0.439. The van der Waals surface area contributed by atoms with Gasteiger partial charge in [0, 0.05) is 3.57 Å². The van der Waals surface area contributed by atoms with Crippen LogP contribution < -0.4 is 0 Å². The lowest BCUT2D eigenvalue weighted by Gasteiger charge is -1.96. The van der Waals surface area contributed by atoms with E-state index in [2.05, 4.69) is 27.6 Å². The van der Waals surface area contributed by atoms with Gasteiger partial charge in [0.25, 0.3) is 0 Å². The first-order chi connectivity index (χ1) is 5.74. The molecular weight excluding hydrogens is 263 g/mol. The minimum atomic E-state index is 0.758. The van der Waals surface area contributed by atoms with Gasteiger partial charge in [-0.1, -0.05) is 12.1 Å². The van der Waals surface area contributed by atoms with Gasteiger partial charge < -0.3 is 0 Å². The lowest BCUT2D eigenvalue weighted by Crippen LogP contribution is -1.92. The van der Waals surface area contributed by atoms with E-state index in [9.17, 15) is 0 Å². The molecule has 1 rings (SSSR count). The summed E-state index contributed by atoms with van der Waals surface area (Å²) >= 11 is 2.24. The van der Waals surface area contributed by atoms with Crippen molar-refractivity contribution in [1.82, 2.24) is 0 Å².